The molecule has 1 amide bonds. The van der Waals surface area contributed by atoms with E-state index in [1.807, 2.05) is 66.4 Å². The molecule has 0 bridgehead atoms. The summed E-state index contributed by atoms with van der Waals surface area (Å²) in [6.07, 6.45) is 3.65. The largest absolute Gasteiger partial charge is 0.457 e. The molecule has 0 radical (unpaired) electrons. The lowest BCUT2D eigenvalue weighted by molar-refractivity contribution is -0.00356. The number of benzene rings is 2. The van der Waals surface area contributed by atoms with Gasteiger partial charge in [-0.15, -0.1) is 10.2 Å². The molecule has 2 heterocycles. The van der Waals surface area contributed by atoms with Gasteiger partial charge < -0.3 is 14.1 Å². The van der Waals surface area contributed by atoms with E-state index in [0.717, 1.165) is 31.6 Å². The minimum absolute atomic E-state index is 0.00899. The molecular weight excluding hydrogens is 366 g/mol. The average molecular weight is 389 g/mol. The Bertz CT molecular complexity index is 1020. The van der Waals surface area contributed by atoms with E-state index in [0.29, 0.717) is 35.4 Å². The predicted molar refractivity (Wildman–Crippen MR) is 107 cm³/mol. The summed E-state index contributed by atoms with van der Waals surface area (Å²) in [7, 11) is 0. The summed E-state index contributed by atoms with van der Waals surface area (Å²) in [6.45, 7) is 2.71. The van der Waals surface area contributed by atoms with E-state index in [4.69, 9.17) is 9.15 Å². The third-order valence-corrected chi connectivity index (χ3v) is 6.20. The second-order valence-electron chi connectivity index (χ2n) is 7.70. The molecule has 1 aromatic heterocycles. The van der Waals surface area contributed by atoms with E-state index < -0.39 is 5.54 Å². The molecule has 0 N–H and O–H groups in total. The van der Waals surface area contributed by atoms with E-state index in [-0.39, 0.29) is 5.91 Å². The Kier molecular flexibility index (Phi) is 4.34. The fourth-order valence-electron chi connectivity index (χ4n) is 4.54. The van der Waals surface area contributed by atoms with Crippen molar-refractivity contribution in [2.75, 3.05) is 6.54 Å². The summed E-state index contributed by atoms with van der Waals surface area (Å²) < 4.78 is 11.7. The van der Waals surface area contributed by atoms with Crippen molar-refractivity contribution in [2.24, 2.45) is 5.92 Å². The third kappa shape index (κ3) is 2.90. The Hall–Kier alpha value is -3.15. The van der Waals surface area contributed by atoms with E-state index in [1.54, 1.807) is 0 Å². The molecule has 0 unspecified atom stereocenters. The molecule has 0 spiro atoms. The van der Waals surface area contributed by atoms with Crippen molar-refractivity contribution in [1.29, 1.82) is 0 Å². The molecule has 2 atom stereocenters. The number of hydrogen-bond donors (Lipinski definition) is 0. The molecule has 5 rings (SSSR count). The van der Waals surface area contributed by atoms with Crippen LogP contribution in [0.5, 0.6) is 11.5 Å². The van der Waals surface area contributed by atoms with Crippen LogP contribution in [0.25, 0.3) is 0 Å². The first-order valence-corrected chi connectivity index (χ1v) is 10.2. The lowest BCUT2D eigenvalue weighted by atomic mass is 9.67. The lowest BCUT2D eigenvalue weighted by Crippen LogP contribution is -2.53. The van der Waals surface area contributed by atoms with E-state index in [9.17, 15) is 4.79 Å². The first kappa shape index (κ1) is 17.9. The van der Waals surface area contributed by atoms with Gasteiger partial charge in [0.2, 0.25) is 11.8 Å². The van der Waals surface area contributed by atoms with Gasteiger partial charge in [-0.1, -0.05) is 25.1 Å². The molecular formula is C23H23N3O3. The van der Waals surface area contributed by atoms with E-state index >= 15 is 0 Å². The number of para-hydroxylation sites is 1. The molecule has 2 aliphatic rings. The van der Waals surface area contributed by atoms with Crippen LogP contribution in [0.15, 0.2) is 59.0 Å². The highest BCUT2D eigenvalue weighted by molar-refractivity contribution is 5.95. The Morgan fingerprint density at radius 1 is 1.10 bits per heavy atom. The van der Waals surface area contributed by atoms with Gasteiger partial charge in [0.15, 0.2) is 0 Å². The average Bonchev–Trinajstić information content (AvgIpc) is 3.31. The van der Waals surface area contributed by atoms with Gasteiger partial charge in [-0.25, -0.2) is 0 Å². The molecule has 2 aromatic carbocycles. The Labute approximate surface area is 169 Å². The van der Waals surface area contributed by atoms with Gasteiger partial charge in [0.1, 0.15) is 17.0 Å². The highest BCUT2D eigenvalue weighted by Crippen LogP contribution is 2.56. The zero-order chi connectivity index (χ0) is 19.8. The van der Waals surface area contributed by atoms with Crippen molar-refractivity contribution in [3.05, 3.63) is 71.9 Å². The quantitative estimate of drug-likeness (QED) is 0.639. The van der Waals surface area contributed by atoms with Crippen molar-refractivity contribution in [2.45, 2.75) is 38.1 Å². The van der Waals surface area contributed by atoms with Crippen LogP contribution in [-0.4, -0.2) is 27.5 Å². The number of carbonyl (C=O) groups is 1. The van der Waals surface area contributed by atoms with Crippen molar-refractivity contribution < 1.29 is 13.9 Å². The second-order valence-corrected chi connectivity index (χ2v) is 7.70. The maximum absolute atomic E-state index is 13.4. The van der Waals surface area contributed by atoms with Crippen LogP contribution in [0.3, 0.4) is 0 Å². The number of carbonyl (C=O) groups excluding carboxylic acids is 1. The third-order valence-electron chi connectivity index (χ3n) is 6.20. The number of fused-ring (bicyclic) bond motifs is 1. The van der Waals surface area contributed by atoms with E-state index in [1.165, 1.54) is 0 Å². The van der Waals surface area contributed by atoms with Gasteiger partial charge in [0.25, 0.3) is 5.91 Å². The number of rotatable bonds is 5. The van der Waals surface area contributed by atoms with Crippen molar-refractivity contribution in [1.82, 2.24) is 15.1 Å². The molecule has 148 valence electrons. The smallest absolute Gasteiger partial charge is 0.254 e. The normalized spacial score (nSPS) is 22.8. The van der Waals surface area contributed by atoms with Gasteiger partial charge in [0, 0.05) is 18.5 Å². The first-order valence-electron chi connectivity index (χ1n) is 10.2. The summed E-state index contributed by atoms with van der Waals surface area (Å²) in [6, 6.07) is 16.9. The maximum atomic E-state index is 13.4. The van der Waals surface area contributed by atoms with E-state index in [2.05, 4.69) is 10.2 Å². The summed E-state index contributed by atoms with van der Waals surface area (Å²) >= 11 is 0. The van der Waals surface area contributed by atoms with Gasteiger partial charge in [-0.3, -0.25) is 4.79 Å². The standard InChI is InChI=1S/C23H23N3O3/c1-2-20-24-25-22(29-20)23-14-12-17(23)13-15-26(23)21(27)16-8-10-19(11-9-16)28-18-6-4-3-5-7-18/h3-11,17H,2,12-15H2,1H3/t17-,23-/m0/s1. The van der Waals surface area contributed by atoms with Crippen molar-refractivity contribution in [3.8, 4) is 11.5 Å². The molecule has 1 saturated heterocycles. The fraction of sp³-hybridized carbons (Fsp3) is 0.348. The van der Waals surface area contributed by atoms with Crippen molar-refractivity contribution in [3.63, 3.8) is 0 Å². The van der Waals surface area contributed by atoms with Crippen LogP contribution < -0.4 is 4.74 Å². The Morgan fingerprint density at radius 2 is 1.86 bits per heavy atom. The van der Waals surface area contributed by atoms with Gasteiger partial charge in [-0.05, 0) is 61.6 Å². The minimum Gasteiger partial charge on any atom is -0.457 e. The molecule has 3 aromatic rings. The van der Waals surface area contributed by atoms with Crippen molar-refractivity contribution >= 4 is 5.91 Å². The number of nitrogens with zero attached hydrogens (tertiary/aromatic N) is 3. The fourth-order valence-corrected chi connectivity index (χ4v) is 4.54. The minimum atomic E-state index is -0.434. The van der Waals surface area contributed by atoms with Crippen LogP contribution in [0.2, 0.25) is 0 Å². The molecule has 6 nitrogen and oxygen atoms in total. The van der Waals surface area contributed by atoms with Gasteiger partial charge in [0.05, 0.1) is 0 Å². The number of aryl methyl sites for hydroxylation is 1. The maximum Gasteiger partial charge on any atom is 0.254 e. The molecule has 29 heavy (non-hydrogen) atoms. The molecule has 1 aliphatic carbocycles. The van der Waals surface area contributed by atoms with Crippen LogP contribution in [-0.2, 0) is 12.0 Å². The van der Waals surface area contributed by atoms with Crippen LogP contribution in [0.1, 0.15) is 48.3 Å². The number of ether oxygens (including phenoxy) is 1. The first-order chi connectivity index (χ1) is 14.2. The lowest BCUT2D eigenvalue weighted by Gasteiger charge is -2.47. The number of hydrogen-bond acceptors (Lipinski definition) is 5. The number of likely N-dealkylation sites (tertiary alicyclic amines) is 1. The SMILES string of the molecule is CCc1nnc([C@]23CC[C@H]2CCN3C(=O)c2ccc(Oc3ccccc3)cc2)o1. The zero-order valence-corrected chi connectivity index (χ0v) is 16.4. The Balaban J connectivity index is 1.38. The van der Waals surface area contributed by atoms with Gasteiger partial charge in [-0.2, -0.15) is 0 Å². The summed E-state index contributed by atoms with van der Waals surface area (Å²) in [5.41, 5.74) is 0.212. The Morgan fingerprint density at radius 3 is 2.52 bits per heavy atom. The highest BCUT2D eigenvalue weighted by atomic mass is 16.5. The van der Waals surface area contributed by atoms with Crippen LogP contribution in [0, 0.1) is 5.92 Å². The second kappa shape index (κ2) is 7.03. The zero-order valence-electron chi connectivity index (χ0n) is 16.4. The van der Waals surface area contributed by atoms with Gasteiger partial charge >= 0.3 is 0 Å². The molecule has 2 fully saturated rings. The summed E-state index contributed by atoms with van der Waals surface area (Å²) in [4.78, 5) is 15.3. The number of aromatic nitrogens is 2. The van der Waals surface area contributed by atoms with Crippen LogP contribution in [0.4, 0.5) is 0 Å². The summed E-state index contributed by atoms with van der Waals surface area (Å²) in [5, 5.41) is 8.44. The highest BCUT2D eigenvalue weighted by Gasteiger charge is 2.61. The molecule has 6 heteroatoms. The number of amides is 1. The molecule has 1 saturated carbocycles. The monoisotopic (exact) mass is 389 g/mol. The molecule has 1 aliphatic heterocycles. The predicted octanol–water partition coefficient (Wildman–Crippen LogP) is 4.58. The topological polar surface area (TPSA) is 68.5 Å². The summed E-state index contributed by atoms with van der Waals surface area (Å²) in [5.74, 6) is 3.11. The van der Waals surface area contributed by atoms with Crippen LogP contribution >= 0.6 is 0 Å².